The Morgan fingerprint density at radius 3 is 2.70 bits per heavy atom. The zero-order valence-corrected chi connectivity index (χ0v) is 13.8. The van der Waals surface area contributed by atoms with Gasteiger partial charge in [0.1, 0.15) is 5.75 Å². The van der Waals surface area contributed by atoms with Crippen LogP contribution in [0.15, 0.2) is 24.3 Å². The molecule has 0 spiro atoms. The van der Waals surface area contributed by atoms with Gasteiger partial charge in [-0.05, 0) is 49.3 Å². The molecule has 0 radical (unpaired) electrons. The van der Waals surface area contributed by atoms with Gasteiger partial charge in [-0.3, -0.25) is 4.79 Å². The Labute approximate surface area is 138 Å². The minimum Gasteiger partial charge on any atom is -0.497 e. The molecule has 5 nitrogen and oxygen atoms in total. The summed E-state index contributed by atoms with van der Waals surface area (Å²) in [5, 5.41) is 13.0. The highest BCUT2D eigenvalue weighted by molar-refractivity contribution is 5.76. The molecule has 1 amide bonds. The van der Waals surface area contributed by atoms with E-state index >= 15 is 0 Å². The summed E-state index contributed by atoms with van der Waals surface area (Å²) in [6.45, 7) is 1.99. The third-order valence-corrected chi connectivity index (χ3v) is 4.37. The fourth-order valence-electron chi connectivity index (χ4n) is 2.83. The van der Waals surface area contributed by atoms with Crippen molar-refractivity contribution in [3.63, 3.8) is 0 Å². The maximum absolute atomic E-state index is 11.9. The van der Waals surface area contributed by atoms with Crippen molar-refractivity contribution in [1.82, 2.24) is 5.32 Å². The van der Waals surface area contributed by atoms with Crippen LogP contribution >= 0.6 is 0 Å². The number of aryl methyl sites for hydroxylation is 1. The van der Waals surface area contributed by atoms with Crippen molar-refractivity contribution >= 4 is 5.91 Å². The Hall–Kier alpha value is -1.59. The molecule has 2 rings (SSSR count). The highest BCUT2D eigenvalue weighted by Crippen LogP contribution is 2.20. The van der Waals surface area contributed by atoms with Gasteiger partial charge in [-0.15, -0.1) is 0 Å². The van der Waals surface area contributed by atoms with Gasteiger partial charge in [0.2, 0.25) is 5.91 Å². The van der Waals surface area contributed by atoms with Crippen molar-refractivity contribution in [1.29, 1.82) is 0 Å². The zero-order valence-electron chi connectivity index (χ0n) is 13.8. The number of ether oxygens (including phenoxy) is 2. The molecule has 1 aromatic carbocycles. The van der Waals surface area contributed by atoms with Gasteiger partial charge in [0.25, 0.3) is 0 Å². The molecule has 2 N–H and O–H groups in total. The number of carbonyl (C=O) groups excluding carboxylic acids is 1. The molecule has 0 aromatic heterocycles. The van der Waals surface area contributed by atoms with Crippen molar-refractivity contribution in [2.24, 2.45) is 5.92 Å². The van der Waals surface area contributed by atoms with Crippen LogP contribution in [-0.2, 0) is 16.0 Å². The first-order valence-corrected chi connectivity index (χ1v) is 8.34. The monoisotopic (exact) mass is 321 g/mol. The van der Waals surface area contributed by atoms with E-state index in [0.29, 0.717) is 31.7 Å². The van der Waals surface area contributed by atoms with Crippen LogP contribution in [0.1, 0.15) is 31.2 Å². The highest BCUT2D eigenvalue weighted by Gasteiger charge is 2.21. The fourth-order valence-corrected chi connectivity index (χ4v) is 2.83. The third-order valence-electron chi connectivity index (χ3n) is 4.37. The average Bonchev–Trinajstić information content (AvgIpc) is 2.61. The molecule has 1 atom stereocenters. The van der Waals surface area contributed by atoms with Gasteiger partial charge in [0, 0.05) is 26.2 Å². The maximum Gasteiger partial charge on any atom is 0.220 e. The van der Waals surface area contributed by atoms with Crippen molar-refractivity contribution in [2.45, 2.75) is 38.2 Å². The molecule has 1 fully saturated rings. The summed E-state index contributed by atoms with van der Waals surface area (Å²) in [5.74, 6) is 1.15. The molecule has 1 aliphatic heterocycles. The number of amides is 1. The van der Waals surface area contributed by atoms with Crippen LogP contribution in [0.2, 0.25) is 0 Å². The van der Waals surface area contributed by atoms with Crippen molar-refractivity contribution in [3.05, 3.63) is 29.8 Å². The minimum atomic E-state index is -0.346. The van der Waals surface area contributed by atoms with Gasteiger partial charge < -0.3 is 19.9 Å². The van der Waals surface area contributed by atoms with Crippen LogP contribution in [0.5, 0.6) is 5.75 Å². The van der Waals surface area contributed by atoms with E-state index in [4.69, 9.17) is 9.47 Å². The zero-order chi connectivity index (χ0) is 16.5. The van der Waals surface area contributed by atoms with E-state index in [2.05, 4.69) is 5.32 Å². The second-order valence-corrected chi connectivity index (χ2v) is 6.00. The van der Waals surface area contributed by atoms with Gasteiger partial charge in [-0.2, -0.15) is 0 Å². The van der Waals surface area contributed by atoms with Crippen LogP contribution in [0.3, 0.4) is 0 Å². The molecule has 1 aromatic rings. The Morgan fingerprint density at radius 1 is 1.35 bits per heavy atom. The summed E-state index contributed by atoms with van der Waals surface area (Å²) in [6, 6.07) is 7.75. The van der Waals surface area contributed by atoms with Crippen LogP contribution in [0, 0.1) is 5.92 Å². The van der Waals surface area contributed by atoms with E-state index in [1.54, 1.807) is 7.11 Å². The van der Waals surface area contributed by atoms with Gasteiger partial charge in [-0.1, -0.05) is 12.1 Å². The van der Waals surface area contributed by atoms with Crippen LogP contribution in [-0.4, -0.2) is 44.0 Å². The Kier molecular flexibility index (Phi) is 7.36. The number of methoxy groups -OCH3 is 1. The molecule has 1 saturated heterocycles. The van der Waals surface area contributed by atoms with Gasteiger partial charge in [0.05, 0.1) is 13.2 Å². The Morgan fingerprint density at radius 2 is 2.04 bits per heavy atom. The third kappa shape index (κ3) is 6.20. The van der Waals surface area contributed by atoms with Crippen LogP contribution in [0.4, 0.5) is 0 Å². The van der Waals surface area contributed by atoms with Gasteiger partial charge >= 0.3 is 0 Å². The van der Waals surface area contributed by atoms with Gasteiger partial charge in [0.15, 0.2) is 0 Å². The van der Waals surface area contributed by atoms with E-state index < -0.39 is 0 Å². The SMILES string of the molecule is COc1ccc(CCC(=O)NCC[C@@H](O)C2CCOCC2)cc1. The molecule has 1 aliphatic rings. The van der Waals surface area contributed by atoms with Crippen molar-refractivity contribution < 1.29 is 19.4 Å². The fraction of sp³-hybridized carbons (Fsp3) is 0.611. The van der Waals surface area contributed by atoms with Gasteiger partial charge in [-0.25, -0.2) is 0 Å². The summed E-state index contributed by atoms with van der Waals surface area (Å²) >= 11 is 0. The van der Waals surface area contributed by atoms with E-state index in [-0.39, 0.29) is 12.0 Å². The number of hydrogen-bond acceptors (Lipinski definition) is 4. The Balaban J connectivity index is 1.60. The smallest absolute Gasteiger partial charge is 0.220 e. The predicted molar refractivity (Wildman–Crippen MR) is 88.5 cm³/mol. The summed E-state index contributed by atoms with van der Waals surface area (Å²) in [5.41, 5.74) is 1.11. The number of carbonyl (C=O) groups is 1. The maximum atomic E-state index is 11.9. The molecule has 0 unspecified atom stereocenters. The number of benzene rings is 1. The molecule has 5 heteroatoms. The summed E-state index contributed by atoms with van der Waals surface area (Å²) in [6.07, 6.45) is 3.25. The summed E-state index contributed by atoms with van der Waals surface area (Å²) in [4.78, 5) is 11.9. The molecular weight excluding hydrogens is 294 g/mol. The number of aliphatic hydroxyl groups excluding tert-OH is 1. The highest BCUT2D eigenvalue weighted by atomic mass is 16.5. The molecule has 1 heterocycles. The lowest BCUT2D eigenvalue weighted by atomic mass is 9.92. The van der Waals surface area contributed by atoms with E-state index in [9.17, 15) is 9.90 Å². The summed E-state index contributed by atoms with van der Waals surface area (Å²) in [7, 11) is 1.64. The second-order valence-electron chi connectivity index (χ2n) is 6.00. The Bertz CT molecular complexity index is 468. The number of rotatable bonds is 8. The van der Waals surface area contributed by atoms with E-state index in [1.807, 2.05) is 24.3 Å². The quantitative estimate of drug-likeness (QED) is 0.768. The summed E-state index contributed by atoms with van der Waals surface area (Å²) < 4.78 is 10.4. The second kappa shape index (κ2) is 9.53. The number of hydrogen-bond donors (Lipinski definition) is 2. The molecule has 0 bridgehead atoms. The molecule has 23 heavy (non-hydrogen) atoms. The van der Waals surface area contributed by atoms with Crippen molar-refractivity contribution in [2.75, 3.05) is 26.9 Å². The number of aliphatic hydroxyl groups is 1. The first kappa shape index (κ1) is 17.8. The predicted octanol–water partition coefficient (Wildman–Crippen LogP) is 1.92. The van der Waals surface area contributed by atoms with E-state index in [1.165, 1.54) is 0 Å². The molecule has 0 aliphatic carbocycles. The largest absolute Gasteiger partial charge is 0.497 e. The average molecular weight is 321 g/mol. The lowest BCUT2D eigenvalue weighted by Gasteiger charge is -2.26. The topological polar surface area (TPSA) is 67.8 Å². The number of nitrogens with one attached hydrogen (secondary N) is 1. The van der Waals surface area contributed by atoms with E-state index in [0.717, 1.165) is 37.4 Å². The normalized spacial score (nSPS) is 16.8. The standard InChI is InChI=1S/C18H27NO4/c1-22-16-5-2-14(3-6-16)4-7-18(21)19-11-8-17(20)15-9-12-23-13-10-15/h2-3,5-6,15,17,20H,4,7-13H2,1H3,(H,19,21)/t17-/m1/s1. The lowest BCUT2D eigenvalue weighted by Crippen LogP contribution is -2.32. The minimum absolute atomic E-state index is 0.0278. The molecule has 0 saturated carbocycles. The first-order valence-electron chi connectivity index (χ1n) is 8.34. The molecular formula is C18H27NO4. The molecule has 128 valence electrons. The van der Waals surface area contributed by atoms with Crippen LogP contribution in [0.25, 0.3) is 0 Å². The lowest BCUT2D eigenvalue weighted by molar-refractivity contribution is -0.121. The first-order chi connectivity index (χ1) is 11.2. The van der Waals surface area contributed by atoms with Crippen LogP contribution < -0.4 is 10.1 Å². The van der Waals surface area contributed by atoms with Crippen molar-refractivity contribution in [3.8, 4) is 5.75 Å².